The van der Waals surface area contributed by atoms with Crippen molar-refractivity contribution in [3.8, 4) is 0 Å². The molecule has 0 aromatic heterocycles. The quantitative estimate of drug-likeness (QED) is 0.0585. The Balaban J connectivity index is 1.84. The van der Waals surface area contributed by atoms with E-state index in [9.17, 15) is 39.5 Å². The van der Waals surface area contributed by atoms with E-state index >= 15 is 26.3 Å². The third-order valence-corrected chi connectivity index (χ3v) is 8.30. The second-order valence-electron chi connectivity index (χ2n) is 11.2. The Morgan fingerprint density at radius 1 is 0.415 bits per heavy atom. The summed E-state index contributed by atoms with van der Waals surface area (Å²) in [6.07, 6.45) is -6.70. The van der Waals surface area contributed by atoms with Gasteiger partial charge in [0, 0.05) is 24.3 Å². The van der Waals surface area contributed by atoms with E-state index in [2.05, 4.69) is 0 Å². The van der Waals surface area contributed by atoms with Gasteiger partial charge in [0.25, 0.3) is 0 Å². The van der Waals surface area contributed by atoms with E-state index in [1.54, 1.807) is 12.1 Å². The van der Waals surface area contributed by atoms with Gasteiger partial charge in [0.2, 0.25) is 11.4 Å². The number of hydrogen-bond acceptors (Lipinski definition) is 2. The summed E-state index contributed by atoms with van der Waals surface area (Å²) >= 11 is 0. The Labute approximate surface area is 286 Å². The minimum Gasteiger partial charge on any atom is -0.406 e. The molecule has 0 bridgehead atoms. The lowest BCUT2D eigenvalue weighted by molar-refractivity contribution is 0.330. The molecule has 5 aromatic carbocycles. The van der Waals surface area contributed by atoms with Crippen LogP contribution in [0, 0.1) is 87.3 Å². The molecule has 53 heavy (non-hydrogen) atoms. The van der Waals surface area contributed by atoms with E-state index in [-0.39, 0.29) is 17.4 Å². The molecule has 1 aliphatic rings. The van der Waals surface area contributed by atoms with Crippen molar-refractivity contribution >= 4 is 40.0 Å². The van der Waals surface area contributed by atoms with Crippen LogP contribution in [0.5, 0.6) is 0 Å². The van der Waals surface area contributed by atoms with E-state index in [0.29, 0.717) is 0 Å². The monoisotopic (exact) mass is 763 g/mol. The van der Waals surface area contributed by atoms with E-state index < -0.39 is 128 Å². The van der Waals surface area contributed by atoms with Crippen LogP contribution in [0.15, 0.2) is 72.4 Å². The van der Waals surface area contributed by atoms with Crippen LogP contribution in [0.25, 0.3) is 0 Å². The molecule has 0 spiro atoms. The Hall–Kier alpha value is -5.88. The van der Waals surface area contributed by atoms with Crippen LogP contribution < -0.4 is 21.0 Å². The summed E-state index contributed by atoms with van der Waals surface area (Å²) in [6, 6.07) is 14.9. The fourth-order valence-corrected chi connectivity index (χ4v) is 6.04. The number of nitrogens with zero attached hydrogens (tertiary/aromatic N) is 1. The van der Waals surface area contributed by atoms with Crippen molar-refractivity contribution in [2.24, 2.45) is 0 Å². The Morgan fingerprint density at radius 3 is 1.00 bits per heavy atom. The molecule has 0 amide bonds. The predicted octanol–water partition coefficient (Wildman–Crippen LogP) is 7.60. The van der Waals surface area contributed by atoms with Crippen molar-refractivity contribution in [3.05, 3.63) is 160 Å². The first-order valence-corrected chi connectivity index (χ1v) is 14.6. The first-order chi connectivity index (χ1) is 25.1. The number of halogens is 15. The third-order valence-electron chi connectivity index (χ3n) is 8.30. The molecule has 1 heterocycles. The van der Waals surface area contributed by atoms with Gasteiger partial charge in [-0.25, -0.2) is 65.9 Å². The third kappa shape index (κ3) is 5.65. The van der Waals surface area contributed by atoms with Gasteiger partial charge in [-0.1, -0.05) is 41.0 Å². The van der Waals surface area contributed by atoms with Crippen LogP contribution >= 0.6 is 0 Å². The average molecular weight is 763 g/mol. The minimum atomic E-state index is -5.99. The van der Waals surface area contributed by atoms with E-state index in [4.69, 9.17) is 9.47 Å². The molecule has 1 saturated heterocycles. The highest BCUT2D eigenvalue weighted by atomic mass is 19.2. The Morgan fingerprint density at radius 2 is 0.698 bits per heavy atom. The van der Waals surface area contributed by atoms with E-state index in [1.807, 2.05) is 0 Å². The van der Waals surface area contributed by atoms with Crippen molar-refractivity contribution in [3.63, 3.8) is 0 Å². The van der Waals surface area contributed by atoms with Crippen LogP contribution in [0.1, 0.15) is 0 Å². The van der Waals surface area contributed by atoms with Gasteiger partial charge in [0.1, 0.15) is 46.8 Å². The second-order valence-corrected chi connectivity index (χ2v) is 11.2. The van der Waals surface area contributed by atoms with Gasteiger partial charge in [-0.2, -0.15) is 5.98 Å². The van der Waals surface area contributed by atoms with Gasteiger partial charge in [-0.15, -0.1) is 16.4 Å². The minimum absolute atomic E-state index is 0.200. The summed E-state index contributed by atoms with van der Waals surface area (Å²) in [5, 5.41) is 0. The number of rotatable bonds is 6. The van der Waals surface area contributed by atoms with Crippen LogP contribution in [-0.2, 0) is 9.47 Å². The largest absolute Gasteiger partial charge is 0.567 e. The zero-order valence-electron chi connectivity index (χ0n) is 25.6. The molecule has 0 radical (unpaired) electrons. The molecule has 1 aliphatic heterocycles. The molecule has 274 valence electrons. The van der Waals surface area contributed by atoms with Crippen molar-refractivity contribution in [1.82, 2.24) is 4.58 Å². The lowest BCUT2D eigenvalue weighted by atomic mass is 9.15. The van der Waals surface area contributed by atoms with Crippen molar-refractivity contribution in [2.75, 3.05) is 6.61 Å². The van der Waals surface area contributed by atoms with Gasteiger partial charge in [0.15, 0.2) is 59.0 Å². The van der Waals surface area contributed by atoms with Gasteiger partial charge >= 0.3 is 6.08 Å². The zero-order valence-corrected chi connectivity index (χ0v) is 25.6. The highest BCUT2D eigenvalue weighted by Crippen LogP contribution is 2.31. The zero-order chi connectivity index (χ0) is 38.7. The molecule has 1 fully saturated rings. The second kappa shape index (κ2) is 13.6. The van der Waals surface area contributed by atoms with Gasteiger partial charge in [-0.05, 0) is 0 Å². The maximum absolute atomic E-state index is 15.8. The van der Waals surface area contributed by atoms with Crippen molar-refractivity contribution < 1.29 is 75.3 Å². The summed E-state index contributed by atoms with van der Waals surface area (Å²) < 4.78 is 239. The van der Waals surface area contributed by atoms with Crippen molar-refractivity contribution in [1.29, 1.82) is 0 Å². The first-order valence-electron chi connectivity index (χ1n) is 14.6. The fourth-order valence-electron chi connectivity index (χ4n) is 6.04. The number of benzene rings is 5. The predicted molar refractivity (Wildman–Crippen MR) is 158 cm³/mol. The molecule has 0 atom stereocenters. The SMILES string of the molecule is Fc1c(F)c(F)c([B-](/C=C2\COC(=[N+](c3ccccc3)c3ccccc3)O2)(c2c(F)c(F)c(F)c(F)c2F)c2c(F)c(F)c(F)c(F)c2F)c(F)c1F. The molecule has 3 nitrogen and oxygen atoms in total. The maximum Gasteiger partial charge on any atom is 0.567 e. The molecule has 0 saturated carbocycles. The Kier molecular flexibility index (Phi) is 9.46. The van der Waals surface area contributed by atoms with E-state index in [1.165, 1.54) is 48.5 Å². The summed E-state index contributed by atoms with van der Waals surface area (Å²) in [4.78, 5) is 0. The average Bonchev–Trinajstić information content (AvgIpc) is 3.61. The summed E-state index contributed by atoms with van der Waals surface area (Å²) in [5.74, 6) is -48.0. The fraction of sp³-hybridized carbons (Fsp3) is 0.0294. The summed E-state index contributed by atoms with van der Waals surface area (Å²) in [6.45, 7) is -1.19. The molecular formula is C34H13BF15NO2. The molecular weight excluding hydrogens is 750 g/mol. The summed E-state index contributed by atoms with van der Waals surface area (Å²) in [7, 11) is 0. The highest BCUT2D eigenvalue weighted by Gasteiger charge is 2.48. The standard InChI is InChI=1S/C34H13BF15NO2/c36-19-16(20(37)26(43)31(48)25(19)42)35(17-21(38)27(44)32(49)28(45)22(17)39,18-23(40)29(46)33(50)30(47)24(18)41)11-15-12-52-34(53-15)51(13-7-3-1-4-8-13)14-9-5-2-6-10-14/h1-11H,12H2/b15-11+. The van der Waals surface area contributed by atoms with Crippen LogP contribution in [-0.4, -0.2) is 18.8 Å². The maximum atomic E-state index is 15.8. The molecule has 6 rings (SSSR count). The van der Waals surface area contributed by atoms with Gasteiger partial charge < -0.3 is 9.47 Å². The van der Waals surface area contributed by atoms with Crippen molar-refractivity contribution in [2.45, 2.75) is 0 Å². The van der Waals surface area contributed by atoms with Gasteiger partial charge in [-0.3, -0.25) is 0 Å². The number of para-hydroxylation sites is 2. The lowest BCUT2D eigenvalue weighted by Crippen LogP contribution is -2.72. The molecule has 5 aromatic rings. The summed E-state index contributed by atoms with van der Waals surface area (Å²) in [5.41, 5.74) is -7.97. The molecule has 19 heteroatoms. The van der Waals surface area contributed by atoms with Crippen LogP contribution in [0.4, 0.5) is 77.2 Å². The highest BCUT2D eigenvalue weighted by molar-refractivity contribution is 7.15. The molecule has 0 aliphatic carbocycles. The smallest absolute Gasteiger partial charge is 0.406 e. The normalized spacial score (nSPS) is 13.8. The van der Waals surface area contributed by atoms with E-state index in [0.717, 1.165) is 4.58 Å². The van der Waals surface area contributed by atoms with Gasteiger partial charge in [0.05, 0.1) is 0 Å². The topological polar surface area (TPSA) is 21.5 Å². The molecule has 0 unspecified atom stereocenters. The first kappa shape index (κ1) is 36.9. The van der Waals surface area contributed by atoms with Crippen LogP contribution in [0.3, 0.4) is 0 Å². The van der Waals surface area contributed by atoms with Crippen LogP contribution in [0.2, 0.25) is 0 Å². The number of hydrogen-bond donors (Lipinski definition) is 0. The lowest BCUT2D eigenvalue weighted by Gasteiger charge is -2.41. The molecule has 0 N–H and O–H groups in total. The number of ether oxygens (including phenoxy) is 2. The Bertz CT molecular complexity index is 2090.